The fourth-order valence-corrected chi connectivity index (χ4v) is 4.17. The number of likely N-dealkylation sites (tertiary alicyclic amines) is 1. The number of nitrogens with one attached hydrogen (secondary N) is 1. The SMILES string of the molecule is CCc1ccc(C(=N)C2CCN(CCCOc3ccc(C(C)=O)cc3OC)CC2)c(O)c1. The first-order valence-electron chi connectivity index (χ1n) is 11.4. The summed E-state index contributed by atoms with van der Waals surface area (Å²) in [5.74, 6) is 1.64. The molecule has 1 aliphatic heterocycles. The van der Waals surface area contributed by atoms with E-state index in [1.807, 2.05) is 12.1 Å². The highest BCUT2D eigenvalue weighted by atomic mass is 16.5. The van der Waals surface area contributed by atoms with Crippen LogP contribution in [-0.2, 0) is 6.42 Å². The van der Waals surface area contributed by atoms with Crippen LogP contribution in [0, 0.1) is 11.3 Å². The van der Waals surface area contributed by atoms with Gasteiger partial charge in [0, 0.05) is 29.3 Å². The van der Waals surface area contributed by atoms with Crippen molar-refractivity contribution in [1.29, 1.82) is 5.41 Å². The Morgan fingerprint density at radius 2 is 1.91 bits per heavy atom. The first kappa shape index (κ1) is 23.8. The zero-order valence-corrected chi connectivity index (χ0v) is 19.3. The van der Waals surface area contributed by atoms with Gasteiger partial charge in [0.2, 0.25) is 0 Å². The molecule has 0 aliphatic carbocycles. The topological polar surface area (TPSA) is 82.9 Å². The maximum absolute atomic E-state index is 11.5. The summed E-state index contributed by atoms with van der Waals surface area (Å²) in [6.45, 7) is 6.98. The lowest BCUT2D eigenvalue weighted by Crippen LogP contribution is -2.37. The first-order chi connectivity index (χ1) is 15.4. The van der Waals surface area contributed by atoms with Crippen LogP contribution in [0.3, 0.4) is 0 Å². The summed E-state index contributed by atoms with van der Waals surface area (Å²) in [5.41, 5.74) is 2.91. The second-order valence-corrected chi connectivity index (χ2v) is 8.36. The molecule has 1 saturated heterocycles. The standard InChI is InChI=1S/C26H34N2O4/c1-4-19-6-8-22(23(30)16-19)26(27)20-10-13-28(14-11-20)12-5-15-32-24-9-7-21(18(2)29)17-25(24)31-3/h6-9,16-17,20,27,30H,4-5,10-15H2,1-3H3. The molecule has 0 spiro atoms. The number of Topliss-reactive ketones (excluding diaryl/α,β-unsaturated/α-hetero) is 1. The van der Waals surface area contributed by atoms with Gasteiger partial charge in [0.1, 0.15) is 5.75 Å². The van der Waals surface area contributed by atoms with E-state index in [0.29, 0.717) is 34.9 Å². The Bertz CT molecular complexity index is 949. The van der Waals surface area contributed by atoms with E-state index in [1.54, 1.807) is 31.4 Å². The van der Waals surface area contributed by atoms with Crippen LogP contribution >= 0.6 is 0 Å². The van der Waals surface area contributed by atoms with Crippen LogP contribution in [0.25, 0.3) is 0 Å². The Balaban J connectivity index is 1.43. The number of nitrogens with zero attached hydrogens (tertiary/aromatic N) is 1. The molecule has 2 aromatic rings. The van der Waals surface area contributed by atoms with Crippen LogP contribution in [0.4, 0.5) is 0 Å². The number of aromatic hydroxyl groups is 1. The van der Waals surface area contributed by atoms with Gasteiger partial charge in [0.25, 0.3) is 0 Å². The highest BCUT2D eigenvalue weighted by molar-refractivity contribution is 6.02. The van der Waals surface area contributed by atoms with E-state index in [0.717, 1.165) is 50.9 Å². The number of phenols is 1. The van der Waals surface area contributed by atoms with Crippen molar-refractivity contribution >= 4 is 11.5 Å². The lowest BCUT2D eigenvalue weighted by Gasteiger charge is -2.32. The number of hydrogen-bond donors (Lipinski definition) is 2. The maximum Gasteiger partial charge on any atom is 0.161 e. The van der Waals surface area contributed by atoms with Crippen molar-refractivity contribution in [3.63, 3.8) is 0 Å². The molecule has 2 N–H and O–H groups in total. The van der Waals surface area contributed by atoms with Gasteiger partial charge in [-0.2, -0.15) is 0 Å². The highest BCUT2D eigenvalue weighted by Gasteiger charge is 2.24. The Kier molecular flexibility index (Phi) is 8.28. The van der Waals surface area contributed by atoms with Gasteiger partial charge in [-0.1, -0.05) is 13.0 Å². The molecule has 1 aliphatic rings. The summed E-state index contributed by atoms with van der Waals surface area (Å²) in [7, 11) is 1.58. The van der Waals surface area contributed by atoms with Crippen molar-refractivity contribution in [2.24, 2.45) is 5.92 Å². The fourth-order valence-electron chi connectivity index (χ4n) is 4.17. The van der Waals surface area contributed by atoms with Crippen molar-refractivity contribution in [2.45, 2.75) is 39.5 Å². The van der Waals surface area contributed by atoms with E-state index in [2.05, 4.69) is 11.8 Å². The van der Waals surface area contributed by atoms with Gasteiger partial charge in [-0.25, -0.2) is 0 Å². The lowest BCUT2D eigenvalue weighted by molar-refractivity contribution is 0.101. The van der Waals surface area contributed by atoms with Crippen molar-refractivity contribution in [3.8, 4) is 17.2 Å². The smallest absolute Gasteiger partial charge is 0.161 e. The maximum atomic E-state index is 11.5. The molecular formula is C26H34N2O4. The predicted octanol–water partition coefficient (Wildman–Crippen LogP) is 4.71. The largest absolute Gasteiger partial charge is 0.507 e. The zero-order valence-electron chi connectivity index (χ0n) is 19.3. The molecular weight excluding hydrogens is 404 g/mol. The highest BCUT2D eigenvalue weighted by Crippen LogP contribution is 2.29. The zero-order chi connectivity index (χ0) is 23.1. The number of piperidine rings is 1. The minimum atomic E-state index is -0.000444. The van der Waals surface area contributed by atoms with Crippen molar-refractivity contribution in [3.05, 3.63) is 53.1 Å². The third-order valence-electron chi connectivity index (χ3n) is 6.20. The number of aryl methyl sites for hydroxylation is 1. The van der Waals surface area contributed by atoms with Crippen molar-refractivity contribution in [2.75, 3.05) is 33.4 Å². The second-order valence-electron chi connectivity index (χ2n) is 8.36. The van der Waals surface area contributed by atoms with Crippen LogP contribution in [-0.4, -0.2) is 54.9 Å². The molecule has 0 unspecified atom stereocenters. The molecule has 0 atom stereocenters. The van der Waals surface area contributed by atoms with Gasteiger partial charge in [0.05, 0.1) is 13.7 Å². The van der Waals surface area contributed by atoms with Crippen molar-refractivity contribution < 1.29 is 19.4 Å². The molecule has 0 amide bonds. The summed E-state index contributed by atoms with van der Waals surface area (Å²) < 4.78 is 11.2. The first-order valence-corrected chi connectivity index (χ1v) is 11.4. The number of carbonyl (C=O) groups excluding carboxylic acids is 1. The quantitative estimate of drug-likeness (QED) is 0.319. The molecule has 0 aromatic heterocycles. The summed E-state index contributed by atoms with van der Waals surface area (Å²) >= 11 is 0. The van der Waals surface area contributed by atoms with Crippen LogP contribution in [0.15, 0.2) is 36.4 Å². The van der Waals surface area contributed by atoms with Crippen LogP contribution in [0.5, 0.6) is 17.2 Å². The van der Waals surface area contributed by atoms with Crippen LogP contribution < -0.4 is 9.47 Å². The van der Waals surface area contributed by atoms with Gasteiger partial charge < -0.3 is 24.9 Å². The molecule has 6 nitrogen and oxygen atoms in total. The van der Waals surface area contributed by atoms with E-state index in [9.17, 15) is 9.90 Å². The summed E-state index contributed by atoms with van der Waals surface area (Å²) in [6.07, 6.45) is 3.61. The number of ether oxygens (including phenoxy) is 2. The van der Waals surface area contributed by atoms with Gasteiger partial charge in [-0.15, -0.1) is 0 Å². The number of phenolic OH excluding ortho intramolecular Hbond substituents is 1. The number of rotatable bonds is 10. The molecule has 0 radical (unpaired) electrons. The molecule has 172 valence electrons. The molecule has 32 heavy (non-hydrogen) atoms. The number of ketones is 1. The van der Waals surface area contributed by atoms with Crippen LogP contribution in [0.1, 0.15) is 54.6 Å². The van der Waals surface area contributed by atoms with Gasteiger partial charge in [0.15, 0.2) is 17.3 Å². The van der Waals surface area contributed by atoms with Crippen molar-refractivity contribution in [1.82, 2.24) is 4.90 Å². The monoisotopic (exact) mass is 438 g/mol. The fraction of sp³-hybridized carbons (Fsp3) is 0.462. The molecule has 0 saturated carbocycles. The van der Waals surface area contributed by atoms with E-state index >= 15 is 0 Å². The van der Waals surface area contributed by atoms with E-state index in [1.165, 1.54) is 6.92 Å². The third-order valence-corrected chi connectivity index (χ3v) is 6.20. The number of methoxy groups -OCH3 is 1. The van der Waals surface area contributed by atoms with Crippen LogP contribution in [0.2, 0.25) is 0 Å². The third kappa shape index (κ3) is 5.88. The van der Waals surface area contributed by atoms with Gasteiger partial charge in [-0.05, 0) is 81.6 Å². The van der Waals surface area contributed by atoms with Gasteiger partial charge in [-0.3, -0.25) is 4.79 Å². The second kappa shape index (κ2) is 11.1. The predicted molar refractivity (Wildman–Crippen MR) is 127 cm³/mol. The number of carbonyl (C=O) groups is 1. The average Bonchev–Trinajstić information content (AvgIpc) is 2.81. The summed E-state index contributed by atoms with van der Waals surface area (Å²) in [5, 5.41) is 18.9. The lowest BCUT2D eigenvalue weighted by atomic mass is 9.87. The average molecular weight is 439 g/mol. The Labute approximate surface area is 190 Å². The molecule has 2 aromatic carbocycles. The summed E-state index contributed by atoms with van der Waals surface area (Å²) in [4.78, 5) is 13.9. The number of benzene rings is 2. The normalized spacial score (nSPS) is 14.8. The molecule has 1 heterocycles. The van der Waals surface area contributed by atoms with E-state index < -0.39 is 0 Å². The Morgan fingerprint density at radius 3 is 2.53 bits per heavy atom. The van der Waals surface area contributed by atoms with E-state index in [-0.39, 0.29) is 17.5 Å². The van der Waals surface area contributed by atoms with E-state index in [4.69, 9.17) is 14.9 Å². The minimum Gasteiger partial charge on any atom is -0.507 e. The van der Waals surface area contributed by atoms with Gasteiger partial charge >= 0.3 is 0 Å². The Morgan fingerprint density at radius 1 is 1.16 bits per heavy atom. The molecule has 6 heteroatoms. The number of hydrogen-bond acceptors (Lipinski definition) is 6. The molecule has 3 rings (SSSR count). The summed E-state index contributed by atoms with van der Waals surface area (Å²) in [6, 6.07) is 10.9. The molecule has 0 bridgehead atoms. The Hall–Kier alpha value is -2.86. The minimum absolute atomic E-state index is 0.000444. The molecule has 1 fully saturated rings.